The fourth-order valence-corrected chi connectivity index (χ4v) is 3.34. The first-order chi connectivity index (χ1) is 13.0. The molecule has 3 N–H and O–H groups in total. The van der Waals surface area contributed by atoms with E-state index in [4.69, 9.17) is 4.74 Å². The molecular weight excluding hydrogens is 342 g/mol. The Labute approximate surface area is 162 Å². The molecule has 1 aliphatic heterocycles. The molecule has 0 aromatic heterocycles. The van der Waals surface area contributed by atoms with Crippen LogP contribution >= 0.6 is 0 Å². The van der Waals surface area contributed by atoms with Crippen LogP contribution in [0.2, 0.25) is 0 Å². The van der Waals surface area contributed by atoms with E-state index < -0.39 is 0 Å². The van der Waals surface area contributed by atoms with Gasteiger partial charge < -0.3 is 25.6 Å². The lowest BCUT2D eigenvalue weighted by Gasteiger charge is -2.43. The molecule has 0 aliphatic carbocycles. The average Bonchev–Trinajstić information content (AvgIpc) is 2.70. The molecule has 1 saturated heterocycles. The maximum Gasteiger partial charge on any atom is 0.251 e. The molecule has 7 nitrogen and oxygen atoms in total. The number of aliphatic imine (C=N–C) groups is 1. The Hall–Kier alpha value is -2.12. The number of nitrogens with one attached hydrogen (secondary N) is 3. The summed E-state index contributed by atoms with van der Waals surface area (Å²) in [6.07, 6.45) is 2.84. The predicted octanol–water partition coefficient (Wildman–Crippen LogP) is 0.865. The highest BCUT2D eigenvalue weighted by atomic mass is 16.5. The van der Waals surface area contributed by atoms with Crippen molar-refractivity contribution in [1.82, 2.24) is 20.9 Å². The SMILES string of the molecule is CN=C(NCCc1cccc(C(=O)NC)c1)NCC1(N(C)C)CCOCC1. The van der Waals surface area contributed by atoms with E-state index in [9.17, 15) is 4.79 Å². The number of carbonyl (C=O) groups is 1. The first kappa shape index (κ1) is 21.2. The maximum atomic E-state index is 11.7. The number of ether oxygens (including phenoxy) is 1. The van der Waals surface area contributed by atoms with Gasteiger partial charge in [0.2, 0.25) is 0 Å². The van der Waals surface area contributed by atoms with Crippen molar-refractivity contribution in [2.45, 2.75) is 24.8 Å². The quantitative estimate of drug-likeness (QED) is 0.487. The van der Waals surface area contributed by atoms with Crippen molar-refractivity contribution in [2.75, 3.05) is 54.5 Å². The van der Waals surface area contributed by atoms with Gasteiger partial charge in [-0.2, -0.15) is 0 Å². The van der Waals surface area contributed by atoms with Gasteiger partial charge in [0, 0.05) is 51.5 Å². The molecule has 1 aliphatic rings. The lowest BCUT2D eigenvalue weighted by atomic mass is 9.88. The van der Waals surface area contributed by atoms with E-state index in [1.807, 2.05) is 24.3 Å². The maximum absolute atomic E-state index is 11.7. The third-order valence-electron chi connectivity index (χ3n) is 5.30. The van der Waals surface area contributed by atoms with Gasteiger partial charge in [0.05, 0.1) is 0 Å². The zero-order chi connectivity index (χ0) is 19.7. The number of carbonyl (C=O) groups excluding carboxylic acids is 1. The van der Waals surface area contributed by atoms with Crippen molar-refractivity contribution in [3.8, 4) is 0 Å². The molecule has 1 fully saturated rings. The van der Waals surface area contributed by atoms with Crippen LogP contribution in [0.25, 0.3) is 0 Å². The monoisotopic (exact) mass is 375 g/mol. The van der Waals surface area contributed by atoms with Crippen LogP contribution in [0.4, 0.5) is 0 Å². The summed E-state index contributed by atoms with van der Waals surface area (Å²) in [6.45, 7) is 3.17. The summed E-state index contributed by atoms with van der Waals surface area (Å²) >= 11 is 0. The molecule has 1 aromatic carbocycles. The molecule has 0 bridgehead atoms. The molecule has 0 atom stereocenters. The van der Waals surface area contributed by atoms with Crippen LogP contribution in [0.15, 0.2) is 29.3 Å². The number of likely N-dealkylation sites (N-methyl/N-ethyl adjacent to an activating group) is 1. The normalized spacial score (nSPS) is 16.9. The minimum Gasteiger partial charge on any atom is -0.381 e. The Balaban J connectivity index is 1.84. The van der Waals surface area contributed by atoms with Crippen LogP contribution in [0, 0.1) is 0 Å². The van der Waals surface area contributed by atoms with E-state index in [0.29, 0.717) is 5.56 Å². The van der Waals surface area contributed by atoms with E-state index in [1.165, 1.54) is 0 Å². The van der Waals surface area contributed by atoms with Gasteiger partial charge in [-0.15, -0.1) is 0 Å². The number of amides is 1. The van der Waals surface area contributed by atoms with E-state index in [0.717, 1.165) is 57.1 Å². The number of rotatable bonds is 7. The number of benzene rings is 1. The van der Waals surface area contributed by atoms with Gasteiger partial charge in [-0.1, -0.05) is 12.1 Å². The van der Waals surface area contributed by atoms with Crippen molar-refractivity contribution >= 4 is 11.9 Å². The topological polar surface area (TPSA) is 78.0 Å². The molecule has 1 aromatic rings. The van der Waals surface area contributed by atoms with Gasteiger partial charge in [-0.3, -0.25) is 9.79 Å². The number of nitrogens with zero attached hydrogens (tertiary/aromatic N) is 2. The van der Waals surface area contributed by atoms with Crippen LogP contribution in [0.1, 0.15) is 28.8 Å². The molecule has 150 valence electrons. The Kier molecular flexibility index (Phi) is 8.06. The van der Waals surface area contributed by atoms with Crippen LogP contribution in [-0.2, 0) is 11.2 Å². The molecule has 0 radical (unpaired) electrons. The zero-order valence-electron chi connectivity index (χ0n) is 17.0. The van der Waals surface area contributed by atoms with Crippen molar-refractivity contribution in [2.24, 2.45) is 4.99 Å². The Morgan fingerprint density at radius 1 is 1.26 bits per heavy atom. The lowest BCUT2D eigenvalue weighted by Crippen LogP contribution is -2.57. The largest absolute Gasteiger partial charge is 0.381 e. The average molecular weight is 376 g/mol. The van der Waals surface area contributed by atoms with Gasteiger partial charge in [0.1, 0.15) is 0 Å². The molecular formula is C20H33N5O2. The lowest BCUT2D eigenvalue weighted by molar-refractivity contribution is -0.00501. The minimum atomic E-state index is -0.0623. The molecule has 1 amide bonds. The first-order valence-electron chi connectivity index (χ1n) is 9.51. The fourth-order valence-electron chi connectivity index (χ4n) is 3.34. The van der Waals surface area contributed by atoms with E-state index in [-0.39, 0.29) is 11.4 Å². The minimum absolute atomic E-state index is 0.0623. The summed E-state index contributed by atoms with van der Waals surface area (Å²) in [6, 6.07) is 7.71. The van der Waals surface area contributed by atoms with E-state index >= 15 is 0 Å². The van der Waals surface area contributed by atoms with Crippen molar-refractivity contribution in [1.29, 1.82) is 0 Å². The standard InChI is InChI=1S/C20H33N5O2/c1-21-18(26)17-7-5-6-16(14-17)8-11-23-19(22-2)24-15-20(25(3)4)9-12-27-13-10-20/h5-7,14H,8-13,15H2,1-4H3,(H,21,26)(H2,22,23,24). The van der Waals surface area contributed by atoms with Crippen LogP contribution in [0.5, 0.6) is 0 Å². The molecule has 1 heterocycles. The molecule has 0 saturated carbocycles. The summed E-state index contributed by atoms with van der Waals surface area (Å²) < 4.78 is 5.53. The van der Waals surface area contributed by atoms with Crippen LogP contribution in [0.3, 0.4) is 0 Å². The second-order valence-corrected chi connectivity index (χ2v) is 7.11. The van der Waals surface area contributed by atoms with Crippen molar-refractivity contribution < 1.29 is 9.53 Å². The second-order valence-electron chi connectivity index (χ2n) is 7.11. The van der Waals surface area contributed by atoms with Crippen molar-refractivity contribution in [3.05, 3.63) is 35.4 Å². The highest BCUT2D eigenvalue weighted by Crippen LogP contribution is 2.24. The van der Waals surface area contributed by atoms with Gasteiger partial charge in [-0.25, -0.2) is 0 Å². The summed E-state index contributed by atoms with van der Waals surface area (Å²) in [4.78, 5) is 18.4. The Morgan fingerprint density at radius 2 is 2.00 bits per heavy atom. The fraction of sp³-hybridized carbons (Fsp3) is 0.600. The Bertz CT molecular complexity index is 639. The molecule has 2 rings (SSSR count). The number of hydrogen-bond donors (Lipinski definition) is 3. The third kappa shape index (κ3) is 5.94. The van der Waals surface area contributed by atoms with Gasteiger partial charge in [-0.05, 0) is 51.1 Å². The number of hydrogen-bond acceptors (Lipinski definition) is 4. The predicted molar refractivity (Wildman–Crippen MR) is 109 cm³/mol. The second kappa shape index (κ2) is 10.3. The summed E-state index contributed by atoms with van der Waals surface area (Å²) in [5.41, 5.74) is 1.90. The van der Waals surface area contributed by atoms with Gasteiger partial charge in [0.25, 0.3) is 5.91 Å². The van der Waals surface area contributed by atoms with Crippen molar-refractivity contribution in [3.63, 3.8) is 0 Å². The molecule has 7 heteroatoms. The summed E-state index contributed by atoms with van der Waals surface area (Å²) in [5.74, 6) is 0.734. The van der Waals surface area contributed by atoms with E-state index in [1.54, 1.807) is 14.1 Å². The molecule has 0 unspecified atom stereocenters. The highest BCUT2D eigenvalue weighted by Gasteiger charge is 2.34. The Morgan fingerprint density at radius 3 is 2.63 bits per heavy atom. The smallest absolute Gasteiger partial charge is 0.251 e. The number of guanidine groups is 1. The van der Waals surface area contributed by atoms with Crippen LogP contribution < -0.4 is 16.0 Å². The zero-order valence-corrected chi connectivity index (χ0v) is 17.0. The van der Waals surface area contributed by atoms with Gasteiger partial charge in [0.15, 0.2) is 5.96 Å². The highest BCUT2D eigenvalue weighted by molar-refractivity contribution is 5.94. The van der Waals surface area contributed by atoms with Gasteiger partial charge >= 0.3 is 0 Å². The molecule has 27 heavy (non-hydrogen) atoms. The third-order valence-corrected chi connectivity index (χ3v) is 5.30. The van der Waals surface area contributed by atoms with Crippen LogP contribution in [-0.4, -0.2) is 76.8 Å². The molecule has 0 spiro atoms. The van der Waals surface area contributed by atoms with E-state index in [2.05, 4.69) is 39.9 Å². The first-order valence-corrected chi connectivity index (χ1v) is 9.51. The summed E-state index contributed by atoms with van der Waals surface area (Å²) in [7, 11) is 7.68. The summed E-state index contributed by atoms with van der Waals surface area (Å²) in [5, 5.41) is 9.48.